The summed E-state index contributed by atoms with van der Waals surface area (Å²) < 4.78 is 0. The zero-order valence-corrected chi connectivity index (χ0v) is 8.04. The quantitative estimate of drug-likeness (QED) is 0.508. The van der Waals surface area contributed by atoms with Crippen molar-refractivity contribution in [2.75, 3.05) is 6.54 Å². The van der Waals surface area contributed by atoms with Crippen molar-refractivity contribution in [1.82, 2.24) is 10.8 Å². The number of hydrogen-bond donors (Lipinski definition) is 0. The fourth-order valence-corrected chi connectivity index (χ4v) is 1.54. The molecule has 0 bridgehead atoms. The minimum absolute atomic E-state index is 0.248. The van der Waals surface area contributed by atoms with E-state index in [9.17, 15) is 14.4 Å². The summed E-state index contributed by atoms with van der Waals surface area (Å²) in [5, 5.41) is 0. The maximum absolute atomic E-state index is 11.7. The normalized spacial score (nSPS) is 13.9. The van der Waals surface area contributed by atoms with Gasteiger partial charge < -0.3 is 4.84 Å². The van der Waals surface area contributed by atoms with E-state index >= 15 is 0 Å². The van der Waals surface area contributed by atoms with Gasteiger partial charge in [-0.1, -0.05) is 12.1 Å². The minimum atomic E-state index is -1.06. The van der Waals surface area contributed by atoms with Gasteiger partial charge in [-0.2, -0.15) is 0 Å². The van der Waals surface area contributed by atoms with Gasteiger partial charge in [-0.15, -0.1) is 0 Å². The predicted molar refractivity (Wildman–Crippen MR) is 50.0 cm³/mol. The molecule has 1 heterocycles. The molecule has 0 aromatic heterocycles. The Morgan fingerprint density at radius 3 is 2.12 bits per heavy atom. The van der Waals surface area contributed by atoms with Gasteiger partial charge in [0.2, 0.25) is 0 Å². The number of imide groups is 1. The Labute approximate surface area is 90.5 Å². The maximum Gasteiger partial charge on any atom is 0.348 e. The van der Waals surface area contributed by atoms with Crippen molar-refractivity contribution in [3.8, 4) is 0 Å². The number of benzene rings is 1. The lowest BCUT2D eigenvalue weighted by molar-refractivity contribution is -0.145. The molecule has 1 aromatic carbocycles. The molecule has 0 atom stereocenters. The average Bonchev–Trinajstić information content (AvgIpc) is 2.55. The Balaban J connectivity index is 2.32. The molecular weight excluding hydrogens is 212 g/mol. The monoisotopic (exact) mass is 218 g/mol. The van der Waals surface area contributed by atoms with Gasteiger partial charge in [0.05, 0.1) is 11.1 Å². The largest absolute Gasteiger partial charge is 0.348 e. The highest BCUT2D eigenvalue weighted by Crippen LogP contribution is 2.21. The summed E-state index contributed by atoms with van der Waals surface area (Å²) >= 11 is 0. The maximum atomic E-state index is 11.7. The number of amides is 2. The topological polar surface area (TPSA) is 86.0 Å². The summed E-state index contributed by atoms with van der Waals surface area (Å²) in [6, 6.07) is 6.25. The van der Waals surface area contributed by atoms with Crippen LogP contribution in [-0.2, 0) is 9.63 Å². The van der Waals surface area contributed by atoms with Gasteiger partial charge in [0.25, 0.3) is 11.8 Å². The molecule has 6 nitrogen and oxygen atoms in total. The second kappa shape index (κ2) is 3.74. The fraction of sp³-hybridized carbons (Fsp3) is 0.100. The fourth-order valence-electron chi connectivity index (χ4n) is 1.54. The molecule has 0 N–H and O–H groups in total. The highest BCUT2D eigenvalue weighted by molar-refractivity contribution is 6.22. The summed E-state index contributed by atoms with van der Waals surface area (Å²) in [6.07, 6.45) is 0. The second-order valence-electron chi connectivity index (χ2n) is 3.21. The first-order valence-electron chi connectivity index (χ1n) is 4.44. The minimum Gasteiger partial charge on any atom is -0.327 e. The third-order valence-electron chi connectivity index (χ3n) is 2.27. The molecular formula is C10H6N2O4. The van der Waals surface area contributed by atoms with Crippen molar-refractivity contribution in [2.24, 2.45) is 0 Å². The Morgan fingerprint density at radius 1 is 1.19 bits per heavy atom. The van der Waals surface area contributed by atoms with Crippen LogP contribution < -0.4 is 5.90 Å². The summed E-state index contributed by atoms with van der Waals surface area (Å²) in [5.41, 5.74) is 0.497. The summed E-state index contributed by atoms with van der Waals surface area (Å²) in [6.45, 7) is -0.594. The van der Waals surface area contributed by atoms with E-state index in [4.69, 9.17) is 5.90 Å². The van der Waals surface area contributed by atoms with Crippen molar-refractivity contribution in [2.45, 2.75) is 0 Å². The molecule has 0 unspecified atom stereocenters. The first-order chi connectivity index (χ1) is 7.65. The lowest BCUT2D eigenvalue weighted by Gasteiger charge is -2.10. The van der Waals surface area contributed by atoms with E-state index in [1.807, 2.05) is 0 Å². The molecule has 6 heteroatoms. The number of carbonyl (C=O) groups is 3. The lowest BCUT2D eigenvalue weighted by atomic mass is 10.1. The number of fused-ring (bicyclic) bond motifs is 1. The van der Waals surface area contributed by atoms with E-state index in [2.05, 4.69) is 4.84 Å². The Morgan fingerprint density at radius 2 is 1.69 bits per heavy atom. The first-order valence-corrected chi connectivity index (χ1v) is 4.44. The van der Waals surface area contributed by atoms with Gasteiger partial charge in [0, 0.05) is 0 Å². The molecule has 0 saturated heterocycles. The van der Waals surface area contributed by atoms with Crippen LogP contribution in [0.3, 0.4) is 0 Å². The molecule has 0 fully saturated rings. The van der Waals surface area contributed by atoms with Crippen LogP contribution in [0.4, 0.5) is 0 Å². The first kappa shape index (κ1) is 10.3. The Bertz CT molecular complexity index is 448. The van der Waals surface area contributed by atoms with Crippen LogP contribution in [0, 0.1) is 0 Å². The summed E-state index contributed by atoms with van der Waals surface area (Å²) in [7, 11) is 0. The molecule has 0 aliphatic carbocycles. The summed E-state index contributed by atoms with van der Waals surface area (Å²) in [4.78, 5) is 38.3. The van der Waals surface area contributed by atoms with Crippen LogP contribution >= 0.6 is 0 Å². The van der Waals surface area contributed by atoms with E-state index in [1.165, 1.54) is 12.1 Å². The zero-order chi connectivity index (χ0) is 11.7. The number of carbonyl (C=O) groups excluding carboxylic acids is 3. The van der Waals surface area contributed by atoms with Gasteiger partial charge >= 0.3 is 5.97 Å². The van der Waals surface area contributed by atoms with Gasteiger partial charge in [-0.05, 0) is 12.1 Å². The van der Waals surface area contributed by atoms with E-state index in [0.717, 1.165) is 4.90 Å². The second-order valence-corrected chi connectivity index (χ2v) is 3.21. The van der Waals surface area contributed by atoms with Gasteiger partial charge in [0.1, 0.15) is 12.4 Å². The zero-order valence-electron chi connectivity index (χ0n) is 8.04. The Kier molecular flexibility index (Phi) is 2.41. The highest BCUT2D eigenvalue weighted by atomic mass is 16.7. The van der Waals surface area contributed by atoms with Crippen molar-refractivity contribution in [3.05, 3.63) is 35.4 Å². The molecule has 1 aliphatic heterocycles. The van der Waals surface area contributed by atoms with Crippen LogP contribution in [0.5, 0.6) is 0 Å². The molecule has 1 aromatic rings. The molecule has 16 heavy (non-hydrogen) atoms. The van der Waals surface area contributed by atoms with Crippen LogP contribution in [0.2, 0.25) is 0 Å². The van der Waals surface area contributed by atoms with Crippen LogP contribution in [0.15, 0.2) is 24.3 Å². The lowest BCUT2D eigenvalue weighted by Crippen LogP contribution is -2.35. The van der Waals surface area contributed by atoms with E-state index in [-0.39, 0.29) is 11.1 Å². The Hall–Kier alpha value is -2.21. The van der Waals surface area contributed by atoms with Crippen LogP contribution in [0.1, 0.15) is 20.7 Å². The number of hydrogen-bond acceptors (Lipinski definition) is 4. The van der Waals surface area contributed by atoms with Gasteiger partial charge in [-0.3, -0.25) is 14.5 Å². The number of nitrogens with zero attached hydrogens (tertiary/aromatic N) is 2. The molecule has 0 saturated carbocycles. The predicted octanol–water partition coefficient (Wildman–Crippen LogP) is -0.191. The average molecular weight is 218 g/mol. The molecule has 1 aliphatic rings. The molecule has 2 amide bonds. The number of rotatable bonds is 2. The van der Waals surface area contributed by atoms with Gasteiger partial charge in [0.15, 0.2) is 0 Å². The van der Waals surface area contributed by atoms with E-state index < -0.39 is 24.3 Å². The van der Waals surface area contributed by atoms with Crippen molar-refractivity contribution >= 4 is 17.8 Å². The smallest absolute Gasteiger partial charge is 0.327 e. The third kappa shape index (κ3) is 1.45. The highest BCUT2D eigenvalue weighted by Gasteiger charge is 2.36. The molecule has 2 radical (unpaired) electrons. The third-order valence-corrected chi connectivity index (χ3v) is 2.27. The molecule has 2 rings (SSSR count). The molecule has 80 valence electrons. The van der Waals surface area contributed by atoms with Crippen LogP contribution in [-0.4, -0.2) is 29.2 Å². The van der Waals surface area contributed by atoms with Crippen molar-refractivity contribution in [3.63, 3.8) is 0 Å². The van der Waals surface area contributed by atoms with Crippen molar-refractivity contribution in [1.29, 1.82) is 0 Å². The van der Waals surface area contributed by atoms with Crippen LogP contribution in [0.25, 0.3) is 0 Å². The SMILES string of the molecule is [N]OC(=O)CN1C(=O)c2ccccc2C1=O. The van der Waals surface area contributed by atoms with E-state index in [0.29, 0.717) is 0 Å². The molecule has 0 spiro atoms. The van der Waals surface area contributed by atoms with Gasteiger partial charge in [-0.25, -0.2) is 4.79 Å². The van der Waals surface area contributed by atoms with Crippen molar-refractivity contribution < 1.29 is 19.2 Å². The standard InChI is InChI=1S/C10H6N2O4/c11-16-8(13)5-12-9(14)6-3-1-2-4-7(6)10(12)15/h1-4H,5H2. The van der Waals surface area contributed by atoms with E-state index in [1.54, 1.807) is 12.1 Å². The summed E-state index contributed by atoms with van der Waals surface area (Å²) in [5.74, 6) is 5.90.